The van der Waals surface area contributed by atoms with Crippen molar-refractivity contribution >= 4 is 43.5 Å². The van der Waals surface area contributed by atoms with Crippen molar-refractivity contribution in [3.63, 3.8) is 0 Å². The summed E-state index contributed by atoms with van der Waals surface area (Å²) in [5.41, 5.74) is 2.84. The maximum atomic E-state index is 12.8. The van der Waals surface area contributed by atoms with Crippen molar-refractivity contribution in [1.82, 2.24) is 20.0 Å². The number of esters is 1. The second-order valence-corrected chi connectivity index (χ2v) is 11.9. The van der Waals surface area contributed by atoms with Crippen LogP contribution in [0.1, 0.15) is 35.6 Å². The number of carbonyl (C=O) groups is 2. The molecular formula is C27H28N4O6S2. The molecule has 204 valence electrons. The van der Waals surface area contributed by atoms with E-state index in [4.69, 9.17) is 4.74 Å². The molecule has 12 heteroatoms. The average Bonchev–Trinajstić information content (AvgIpc) is 3.31. The van der Waals surface area contributed by atoms with Gasteiger partial charge in [-0.25, -0.2) is 13.4 Å². The summed E-state index contributed by atoms with van der Waals surface area (Å²) in [6.45, 7) is 5.46. The molecule has 39 heavy (non-hydrogen) atoms. The van der Waals surface area contributed by atoms with Gasteiger partial charge in [0.25, 0.3) is 11.5 Å². The van der Waals surface area contributed by atoms with Gasteiger partial charge in [0.15, 0.2) is 0 Å². The monoisotopic (exact) mass is 568 g/mol. The first-order valence-corrected chi connectivity index (χ1v) is 14.4. The van der Waals surface area contributed by atoms with Crippen LogP contribution in [0.3, 0.4) is 0 Å². The maximum absolute atomic E-state index is 12.8. The average molecular weight is 569 g/mol. The molecule has 0 fully saturated rings. The molecular weight excluding hydrogens is 540 g/mol. The molecule has 0 aliphatic heterocycles. The van der Waals surface area contributed by atoms with E-state index in [0.717, 1.165) is 22.3 Å². The molecule has 4 aromatic rings. The summed E-state index contributed by atoms with van der Waals surface area (Å²) in [5.74, 6) is -1.51. The molecule has 0 saturated heterocycles. The van der Waals surface area contributed by atoms with E-state index >= 15 is 0 Å². The summed E-state index contributed by atoms with van der Waals surface area (Å²) in [6.07, 6.45) is 0. The first kappa shape index (κ1) is 28.1. The molecule has 0 bridgehead atoms. The molecule has 0 saturated carbocycles. The van der Waals surface area contributed by atoms with Crippen LogP contribution < -0.4 is 15.6 Å². The van der Waals surface area contributed by atoms with Gasteiger partial charge in [0.1, 0.15) is 10.9 Å². The summed E-state index contributed by atoms with van der Waals surface area (Å²) in [6, 6.07) is 12.7. The highest BCUT2D eigenvalue weighted by Crippen LogP contribution is 2.23. The van der Waals surface area contributed by atoms with Crippen molar-refractivity contribution in [2.24, 2.45) is 5.92 Å². The third kappa shape index (κ3) is 6.24. The van der Waals surface area contributed by atoms with Crippen LogP contribution >= 0.6 is 11.3 Å². The number of H-pyrrole nitrogens is 1. The number of hydrogen-bond donors (Lipinski definition) is 3. The summed E-state index contributed by atoms with van der Waals surface area (Å²) >= 11 is 1.31. The summed E-state index contributed by atoms with van der Waals surface area (Å²) in [7, 11) is -2.74. The van der Waals surface area contributed by atoms with Crippen molar-refractivity contribution < 1.29 is 22.7 Å². The van der Waals surface area contributed by atoms with E-state index in [-0.39, 0.29) is 28.7 Å². The van der Waals surface area contributed by atoms with Crippen LogP contribution in [-0.2, 0) is 26.1 Å². The lowest BCUT2D eigenvalue weighted by Gasteiger charge is -2.19. The van der Waals surface area contributed by atoms with Crippen LogP contribution in [0.5, 0.6) is 0 Å². The topological polar surface area (TPSA) is 147 Å². The second kappa shape index (κ2) is 11.5. The van der Waals surface area contributed by atoms with Gasteiger partial charge in [-0.2, -0.15) is 4.72 Å². The number of hydrogen-bond acceptors (Lipinski definition) is 8. The number of sulfonamides is 1. The smallest absolute Gasteiger partial charge is 0.324 e. The Hall–Kier alpha value is -3.87. The van der Waals surface area contributed by atoms with E-state index < -0.39 is 27.9 Å². The van der Waals surface area contributed by atoms with Gasteiger partial charge in [-0.15, -0.1) is 11.3 Å². The lowest BCUT2D eigenvalue weighted by atomic mass is 10.0. The molecule has 0 radical (unpaired) electrons. The number of aromatic amines is 1. The molecule has 0 spiro atoms. The van der Waals surface area contributed by atoms with E-state index in [1.807, 2.05) is 36.6 Å². The van der Waals surface area contributed by atoms with Crippen molar-refractivity contribution in [3.05, 3.63) is 81.2 Å². The van der Waals surface area contributed by atoms with E-state index in [2.05, 4.69) is 20.0 Å². The van der Waals surface area contributed by atoms with E-state index in [1.165, 1.54) is 30.6 Å². The predicted molar refractivity (Wildman–Crippen MR) is 149 cm³/mol. The summed E-state index contributed by atoms with van der Waals surface area (Å²) < 4.78 is 32.8. The standard InChI is InChI=1S/C27H28N4O6S2/c1-15(2)22(27(34)37-4)31-39(35,36)20-10-8-18(9-11-20)19-7-5-6-17(12-19)13-28-25(33)23-29-24(32)21-16(3)14-38-26(21)30-23/h5-12,14-15,22,31H,13H2,1-4H3,(H,28,33)(H,29,30,32). The molecule has 4 rings (SSSR count). The van der Waals surface area contributed by atoms with Crippen LogP contribution in [0.25, 0.3) is 21.3 Å². The van der Waals surface area contributed by atoms with E-state index in [1.54, 1.807) is 26.0 Å². The zero-order valence-electron chi connectivity index (χ0n) is 21.8. The fourth-order valence-electron chi connectivity index (χ4n) is 3.97. The molecule has 1 atom stereocenters. The van der Waals surface area contributed by atoms with Gasteiger partial charge in [-0.05, 0) is 58.7 Å². The number of aryl methyl sites for hydroxylation is 1. The second-order valence-electron chi connectivity index (χ2n) is 9.29. The highest BCUT2D eigenvalue weighted by atomic mass is 32.2. The minimum absolute atomic E-state index is 0.0172. The van der Waals surface area contributed by atoms with Crippen LogP contribution in [0, 0.1) is 12.8 Å². The van der Waals surface area contributed by atoms with Gasteiger partial charge in [-0.3, -0.25) is 14.4 Å². The van der Waals surface area contributed by atoms with E-state index in [9.17, 15) is 22.8 Å². The lowest BCUT2D eigenvalue weighted by molar-refractivity contribution is -0.143. The Balaban J connectivity index is 1.46. The normalized spacial score (nSPS) is 12.4. The number of amides is 1. The molecule has 1 unspecified atom stereocenters. The molecule has 2 aromatic carbocycles. The number of fused-ring (bicyclic) bond motifs is 1. The first-order chi connectivity index (χ1) is 18.5. The summed E-state index contributed by atoms with van der Waals surface area (Å²) in [5, 5.41) is 5.08. The number of benzene rings is 2. The Labute approximate surface area is 229 Å². The van der Waals surface area contributed by atoms with Gasteiger partial charge < -0.3 is 15.0 Å². The molecule has 2 heterocycles. The molecule has 0 aliphatic rings. The molecule has 1 amide bonds. The van der Waals surface area contributed by atoms with Crippen molar-refractivity contribution in [3.8, 4) is 11.1 Å². The number of nitrogens with zero attached hydrogens (tertiary/aromatic N) is 1. The van der Waals surface area contributed by atoms with Crippen molar-refractivity contribution in [2.75, 3.05) is 7.11 Å². The number of nitrogens with one attached hydrogen (secondary N) is 3. The minimum Gasteiger partial charge on any atom is -0.468 e. The highest BCUT2D eigenvalue weighted by molar-refractivity contribution is 7.89. The first-order valence-electron chi connectivity index (χ1n) is 12.1. The van der Waals surface area contributed by atoms with Crippen molar-refractivity contribution in [1.29, 1.82) is 0 Å². The zero-order valence-corrected chi connectivity index (χ0v) is 23.4. The molecule has 0 aliphatic carbocycles. The predicted octanol–water partition coefficient (Wildman–Crippen LogP) is 3.37. The third-order valence-electron chi connectivity index (χ3n) is 6.12. The molecule has 2 aromatic heterocycles. The van der Waals surface area contributed by atoms with Gasteiger partial charge in [0.2, 0.25) is 15.8 Å². The Morgan fingerprint density at radius 1 is 1.10 bits per heavy atom. The fourth-order valence-corrected chi connectivity index (χ4v) is 6.22. The zero-order chi connectivity index (χ0) is 28.3. The Kier molecular flexibility index (Phi) is 8.28. The highest BCUT2D eigenvalue weighted by Gasteiger charge is 2.29. The number of carbonyl (C=O) groups excluding carboxylic acids is 2. The maximum Gasteiger partial charge on any atom is 0.324 e. The van der Waals surface area contributed by atoms with Crippen LogP contribution in [0.15, 0.2) is 63.6 Å². The number of thiophene rings is 1. The van der Waals surface area contributed by atoms with Crippen LogP contribution in [-0.4, -0.2) is 43.4 Å². The molecule has 3 N–H and O–H groups in total. The van der Waals surface area contributed by atoms with E-state index in [0.29, 0.717) is 10.2 Å². The molecule has 10 nitrogen and oxygen atoms in total. The van der Waals surface area contributed by atoms with Crippen molar-refractivity contribution in [2.45, 2.75) is 38.3 Å². The summed E-state index contributed by atoms with van der Waals surface area (Å²) in [4.78, 5) is 44.3. The Morgan fingerprint density at radius 3 is 2.49 bits per heavy atom. The Morgan fingerprint density at radius 2 is 1.82 bits per heavy atom. The number of rotatable bonds is 9. The minimum atomic E-state index is -3.96. The largest absolute Gasteiger partial charge is 0.468 e. The number of aromatic nitrogens is 2. The van der Waals surface area contributed by atoms with Gasteiger partial charge in [0, 0.05) is 6.54 Å². The quantitative estimate of drug-likeness (QED) is 0.262. The van der Waals surface area contributed by atoms with Gasteiger partial charge in [-0.1, -0.05) is 44.2 Å². The van der Waals surface area contributed by atoms with Crippen LogP contribution in [0.4, 0.5) is 0 Å². The number of ether oxygens (including phenoxy) is 1. The van der Waals surface area contributed by atoms with Gasteiger partial charge in [0.05, 0.1) is 17.4 Å². The fraction of sp³-hybridized carbons (Fsp3) is 0.259. The third-order valence-corrected chi connectivity index (χ3v) is 8.57. The number of methoxy groups -OCH3 is 1. The SMILES string of the molecule is COC(=O)C(NS(=O)(=O)c1ccc(-c2cccc(CNC(=O)c3nc4scc(C)c4c(=O)[nH]3)c2)cc1)C(C)C. The lowest BCUT2D eigenvalue weighted by Crippen LogP contribution is -2.44. The van der Waals surface area contributed by atoms with Crippen LogP contribution in [0.2, 0.25) is 0 Å². The van der Waals surface area contributed by atoms with Gasteiger partial charge >= 0.3 is 5.97 Å². The Bertz CT molecular complexity index is 1690.